The van der Waals surface area contributed by atoms with Gasteiger partial charge in [0.15, 0.2) is 0 Å². The number of ketones is 1. The van der Waals surface area contributed by atoms with E-state index in [1.807, 2.05) is 0 Å². The van der Waals surface area contributed by atoms with Crippen LogP contribution < -0.4 is 15.4 Å². The second-order valence-corrected chi connectivity index (χ2v) is 6.45. The number of thiophene rings is 1. The summed E-state index contributed by atoms with van der Waals surface area (Å²) in [5.74, 6) is 0.802. The number of amides is 2. The van der Waals surface area contributed by atoms with Crippen LogP contribution in [-0.2, 0) is 17.6 Å². The third kappa shape index (κ3) is 3.24. The second-order valence-electron chi connectivity index (χ2n) is 5.35. The number of nitriles is 1. The van der Waals surface area contributed by atoms with Crippen molar-refractivity contribution in [3.63, 3.8) is 0 Å². The average molecular weight is 341 g/mol. The van der Waals surface area contributed by atoms with Crippen LogP contribution in [0, 0.1) is 11.3 Å². The maximum atomic E-state index is 12.2. The molecule has 7 heteroatoms. The molecule has 2 N–H and O–H groups in total. The molecule has 0 fully saturated rings. The molecule has 0 spiro atoms. The van der Waals surface area contributed by atoms with Crippen molar-refractivity contribution in [2.75, 3.05) is 17.7 Å². The number of anilines is 2. The third-order valence-corrected chi connectivity index (χ3v) is 4.92. The van der Waals surface area contributed by atoms with Gasteiger partial charge in [-0.05, 0) is 24.1 Å². The van der Waals surface area contributed by atoms with Crippen molar-refractivity contribution in [1.29, 1.82) is 5.26 Å². The average Bonchev–Trinajstić information content (AvgIpc) is 2.90. The number of nitrogens with one attached hydrogen (secondary N) is 2. The minimum atomic E-state index is -0.440. The fraction of sp³-hybridized carbons (Fsp3) is 0.235. The van der Waals surface area contributed by atoms with E-state index in [1.54, 1.807) is 31.4 Å². The maximum Gasteiger partial charge on any atom is 0.324 e. The summed E-state index contributed by atoms with van der Waals surface area (Å²) >= 11 is 1.30. The minimum absolute atomic E-state index is 0.167. The summed E-state index contributed by atoms with van der Waals surface area (Å²) in [6, 6.07) is 8.69. The van der Waals surface area contributed by atoms with Crippen LogP contribution in [0.3, 0.4) is 0 Å². The maximum absolute atomic E-state index is 12.2. The van der Waals surface area contributed by atoms with Gasteiger partial charge >= 0.3 is 6.03 Å². The molecule has 122 valence electrons. The number of methoxy groups -OCH3 is 1. The van der Waals surface area contributed by atoms with Gasteiger partial charge in [0.25, 0.3) is 0 Å². The van der Waals surface area contributed by atoms with Gasteiger partial charge in [-0.1, -0.05) is 6.07 Å². The van der Waals surface area contributed by atoms with Crippen LogP contribution in [0.2, 0.25) is 0 Å². The van der Waals surface area contributed by atoms with Crippen LogP contribution in [0.5, 0.6) is 5.75 Å². The first-order chi connectivity index (χ1) is 11.6. The molecule has 0 saturated heterocycles. The normalized spacial score (nSPS) is 12.9. The molecule has 1 aliphatic carbocycles. The number of carbonyl (C=O) groups excluding carboxylic acids is 2. The first-order valence-electron chi connectivity index (χ1n) is 7.39. The number of rotatable bonds is 3. The summed E-state index contributed by atoms with van der Waals surface area (Å²) < 4.78 is 5.11. The van der Waals surface area contributed by atoms with Gasteiger partial charge in [0, 0.05) is 29.5 Å². The van der Waals surface area contributed by atoms with E-state index >= 15 is 0 Å². The van der Waals surface area contributed by atoms with Crippen molar-refractivity contribution in [3.8, 4) is 11.8 Å². The predicted octanol–water partition coefficient (Wildman–Crippen LogP) is 3.33. The molecule has 1 aliphatic rings. The molecule has 0 saturated carbocycles. The van der Waals surface area contributed by atoms with Gasteiger partial charge in [0.1, 0.15) is 22.6 Å². The summed E-state index contributed by atoms with van der Waals surface area (Å²) in [6.45, 7) is 0. The Hall–Kier alpha value is -2.85. The fourth-order valence-electron chi connectivity index (χ4n) is 2.62. The first-order valence-corrected chi connectivity index (χ1v) is 8.20. The number of Topliss-reactive ketones (excluding diaryl/α,β-unsaturated/α-hetero) is 1. The third-order valence-electron chi connectivity index (χ3n) is 3.77. The molecular weight excluding hydrogens is 326 g/mol. The number of fused-ring (bicyclic) bond motifs is 1. The molecule has 6 nitrogen and oxygen atoms in total. The van der Waals surface area contributed by atoms with E-state index in [9.17, 15) is 14.9 Å². The molecule has 0 bridgehead atoms. The largest absolute Gasteiger partial charge is 0.497 e. The fourth-order valence-corrected chi connectivity index (χ4v) is 3.85. The number of ether oxygens (including phenoxy) is 1. The molecule has 1 aromatic heterocycles. The molecule has 0 aliphatic heterocycles. The number of benzene rings is 1. The van der Waals surface area contributed by atoms with Crippen molar-refractivity contribution in [2.45, 2.75) is 19.3 Å². The second kappa shape index (κ2) is 6.72. The Labute approximate surface area is 143 Å². The number of nitrogens with zero attached hydrogens (tertiary/aromatic N) is 1. The zero-order valence-electron chi connectivity index (χ0n) is 13.0. The van der Waals surface area contributed by atoms with Crippen molar-refractivity contribution < 1.29 is 14.3 Å². The molecule has 0 radical (unpaired) electrons. The lowest BCUT2D eigenvalue weighted by molar-refractivity contribution is -0.118. The summed E-state index contributed by atoms with van der Waals surface area (Å²) in [4.78, 5) is 24.6. The van der Waals surface area contributed by atoms with E-state index in [1.165, 1.54) is 11.3 Å². The smallest absolute Gasteiger partial charge is 0.324 e. The molecule has 0 unspecified atom stereocenters. The number of carbonyl (C=O) groups is 2. The zero-order chi connectivity index (χ0) is 17.1. The molecular formula is C17H15N3O3S. The summed E-state index contributed by atoms with van der Waals surface area (Å²) in [5.41, 5.74) is 1.93. The van der Waals surface area contributed by atoms with Crippen molar-refractivity contribution in [1.82, 2.24) is 0 Å². The van der Waals surface area contributed by atoms with Gasteiger partial charge in [0.05, 0.1) is 12.7 Å². The van der Waals surface area contributed by atoms with E-state index in [2.05, 4.69) is 16.7 Å². The van der Waals surface area contributed by atoms with Gasteiger partial charge < -0.3 is 10.1 Å². The van der Waals surface area contributed by atoms with E-state index in [-0.39, 0.29) is 5.78 Å². The van der Waals surface area contributed by atoms with Gasteiger partial charge in [-0.25, -0.2) is 4.79 Å². The van der Waals surface area contributed by atoms with Crippen LogP contribution in [0.15, 0.2) is 24.3 Å². The van der Waals surface area contributed by atoms with E-state index < -0.39 is 6.03 Å². The molecule has 1 heterocycles. The highest BCUT2D eigenvalue weighted by Crippen LogP contribution is 2.36. The molecule has 24 heavy (non-hydrogen) atoms. The summed E-state index contributed by atoms with van der Waals surface area (Å²) in [7, 11) is 1.55. The Balaban J connectivity index is 1.77. The number of hydrogen-bond acceptors (Lipinski definition) is 5. The van der Waals surface area contributed by atoms with Crippen molar-refractivity contribution in [2.24, 2.45) is 0 Å². The minimum Gasteiger partial charge on any atom is -0.497 e. The van der Waals surface area contributed by atoms with E-state index in [0.29, 0.717) is 41.3 Å². The Kier molecular flexibility index (Phi) is 4.49. The lowest BCUT2D eigenvalue weighted by Crippen LogP contribution is -2.19. The molecule has 2 aromatic rings. The topological polar surface area (TPSA) is 91.2 Å². The SMILES string of the molecule is COc1cccc(NC(=O)Nc2sc3c(c2C#N)CCC(=O)C3)c1. The summed E-state index contributed by atoms with van der Waals surface area (Å²) in [6.07, 6.45) is 1.36. The Morgan fingerprint density at radius 1 is 1.33 bits per heavy atom. The van der Waals surface area contributed by atoms with Crippen LogP contribution in [0.25, 0.3) is 0 Å². The van der Waals surface area contributed by atoms with Gasteiger partial charge in [-0.15, -0.1) is 11.3 Å². The summed E-state index contributed by atoms with van der Waals surface area (Å²) in [5, 5.41) is 15.3. The van der Waals surface area contributed by atoms with Crippen molar-refractivity contribution in [3.05, 3.63) is 40.3 Å². The Morgan fingerprint density at radius 2 is 2.17 bits per heavy atom. The molecule has 2 amide bonds. The highest BCUT2D eigenvalue weighted by molar-refractivity contribution is 7.16. The van der Waals surface area contributed by atoms with Gasteiger partial charge in [-0.2, -0.15) is 5.26 Å². The highest BCUT2D eigenvalue weighted by atomic mass is 32.1. The monoisotopic (exact) mass is 341 g/mol. The van der Waals surface area contributed by atoms with Crippen LogP contribution in [0.4, 0.5) is 15.5 Å². The molecule has 1 aromatic carbocycles. The standard InChI is InChI=1S/C17H15N3O3S/c1-23-12-4-2-3-10(7-12)19-17(22)20-16-14(9-18)13-6-5-11(21)8-15(13)24-16/h2-4,7H,5-6,8H2,1H3,(H2,19,20,22). The van der Waals surface area contributed by atoms with Crippen LogP contribution in [-0.4, -0.2) is 18.9 Å². The molecule has 0 atom stereocenters. The van der Waals surface area contributed by atoms with Crippen molar-refractivity contribution >= 4 is 33.8 Å². The quantitative estimate of drug-likeness (QED) is 0.896. The predicted molar refractivity (Wildman–Crippen MR) is 91.7 cm³/mol. The number of hydrogen-bond donors (Lipinski definition) is 2. The zero-order valence-corrected chi connectivity index (χ0v) is 13.8. The Bertz CT molecular complexity index is 851. The van der Waals surface area contributed by atoms with Gasteiger partial charge in [0.2, 0.25) is 0 Å². The first kappa shape index (κ1) is 16.0. The molecule has 3 rings (SSSR count). The van der Waals surface area contributed by atoms with Gasteiger partial charge in [-0.3, -0.25) is 10.1 Å². The Morgan fingerprint density at radius 3 is 2.92 bits per heavy atom. The van der Waals surface area contributed by atoms with E-state index in [4.69, 9.17) is 4.74 Å². The van der Waals surface area contributed by atoms with E-state index in [0.717, 1.165) is 10.4 Å². The lowest BCUT2D eigenvalue weighted by Gasteiger charge is -2.09. The lowest BCUT2D eigenvalue weighted by atomic mass is 9.95. The number of urea groups is 1. The highest BCUT2D eigenvalue weighted by Gasteiger charge is 2.25. The van der Waals surface area contributed by atoms with Crippen LogP contribution >= 0.6 is 11.3 Å². The van der Waals surface area contributed by atoms with Crippen LogP contribution in [0.1, 0.15) is 22.4 Å².